The molecule has 9 rings (SSSR count). The van der Waals surface area contributed by atoms with E-state index in [1.807, 2.05) is 121 Å². The van der Waals surface area contributed by atoms with Crippen LogP contribution in [-0.4, -0.2) is 13.1 Å². The molecule has 0 spiro atoms. The summed E-state index contributed by atoms with van der Waals surface area (Å²) in [4.78, 5) is 31.0. The molecule has 7 aromatic carbocycles. The molecular weight excluding hydrogens is 669 g/mol. The van der Waals surface area contributed by atoms with Crippen LogP contribution in [0.2, 0.25) is 0 Å². The number of anilines is 4. The molecule has 0 saturated heterocycles. The van der Waals surface area contributed by atoms with Gasteiger partial charge in [-0.1, -0.05) is 84.9 Å². The van der Waals surface area contributed by atoms with Gasteiger partial charge in [-0.3, -0.25) is 0 Å². The molecule has 0 aliphatic carbocycles. The summed E-state index contributed by atoms with van der Waals surface area (Å²) in [6.45, 7) is 6.15. The van der Waals surface area contributed by atoms with Gasteiger partial charge in [-0.25, -0.2) is 9.59 Å². The Labute approximate surface area is 311 Å². The third-order valence-electron chi connectivity index (χ3n) is 10.4. The summed E-state index contributed by atoms with van der Waals surface area (Å²) >= 11 is 0. The number of nitrogens with zero attached hydrogens (tertiary/aromatic N) is 2. The first-order chi connectivity index (χ1) is 26.5. The minimum Gasteiger partial charge on any atom is -0.422 e. The normalized spacial score (nSPS) is 11.4. The van der Waals surface area contributed by atoms with E-state index in [4.69, 9.17) is 8.83 Å². The maximum atomic E-state index is 13.3. The summed E-state index contributed by atoms with van der Waals surface area (Å²) in [5.41, 5.74) is 6.87. The summed E-state index contributed by atoms with van der Waals surface area (Å²) < 4.78 is 11.6. The molecule has 2 aromatic heterocycles. The molecule has 6 nitrogen and oxygen atoms in total. The monoisotopic (exact) mass is 704 g/mol. The van der Waals surface area contributed by atoms with Gasteiger partial charge in [0.25, 0.3) is 0 Å². The van der Waals surface area contributed by atoms with Gasteiger partial charge >= 0.3 is 11.3 Å². The van der Waals surface area contributed by atoms with Crippen molar-refractivity contribution in [2.45, 2.75) is 13.8 Å². The van der Waals surface area contributed by atoms with Gasteiger partial charge in [-0.2, -0.15) is 0 Å². The Bertz CT molecular complexity index is 2770. The van der Waals surface area contributed by atoms with E-state index in [1.165, 1.54) is 0 Å². The molecule has 0 aliphatic rings. The average molecular weight is 705 g/mol. The zero-order valence-electron chi connectivity index (χ0n) is 30.0. The highest BCUT2D eigenvalue weighted by molar-refractivity contribution is 6.07. The summed E-state index contributed by atoms with van der Waals surface area (Å²) in [6.07, 6.45) is 0. The Morgan fingerprint density at radius 3 is 1.24 bits per heavy atom. The van der Waals surface area contributed by atoms with Crippen molar-refractivity contribution in [1.29, 1.82) is 0 Å². The molecule has 54 heavy (non-hydrogen) atoms. The fourth-order valence-electron chi connectivity index (χ4n) is 7.57. The minimum atomic E-state index is -0.379. The van der Waals surface area contributed by atoms with Gasteiger partial charge in [-0.05, 0) is 119 Å². The average Bonchev–Trinajstić information content (AvgIpc) is 3.22. The molecule has 2 heterocycles. The van der Waals surface area contributed by atoms with E-state index in [-0.39, 0.29) is 11.3 Å². The van der Waals surface area contributed by atoms with E-state index in [0.29, 0.717) is 22.3 Å². The Morgan fingerprint density at radius 1 is 0.426 bits per heavy atom. The smallest absolute Gasteiger partial charge is 0.344 e. The molecule has 6 heteroatoms. The van der Waals surface area contributed by atoms with Crippen molar-refractivity contribution in [3.05, 3.63) is 179 Å². The van der Waals surface area contributed by atoms with Crippen LogP contribution in [0.3, 0.4) is 0 Å². The number of hydrogen-bond acceptors (Lipinski definition) is 6. The first kappa shape index (κ1) is 33.0. The summed E-state index contributed by atoms with van der Waals surface area (Å²) in [6, 6.07) is 52.3. The second-order valence-electron chi connectivity index (χ2n) is 13.4. The van der Waals surface area contributed by atoms with Gasteiger partial charge < -0.3 is 18.6 Å². The number of rotatable bonds is 8. The highest BCUT2D eigenvalue weighted by atomic mass is 16.4. The van der Waals surface area contributed by atoms with E-state index >= 15 is 0 Å². The topological polar surface area (TPSA) is 66.9 Å². The number of hydrogen-bond donors (Lipinski definition) is 0. The fraction of sp³-hybridized carbons (Fsp3) is 0.0833. The van der Waals surface area contributed by atoms with E-state index in [9.17, 15) is 9.59 Å². The van der Waals surface area contributed by atoms with Crippen molar-refractivity contribution in [2.75, 3.05) is 22.9 Å². The van der Waals surface area contributed by atoms with Crippen molar-refractivity contribution in [1.82, 2.24) is 0 Å². The van der Waals surface area contributed by atoms with E-state index in [0.717, 1.165) is 79.3 Å². The Kier molecular flexibility index (Phi) is 8.28. The standard InChI is InChI=1S/C48H36N2O4/c1-3-49(4-2)35-23-25-38(26-24-35)50(36-19-13-33(14-20-36)41-29-43-39-11-7-5-9-31(39)17-27-45(43)53-47(41)51)37-21-15-34(16-22-37)42-30-44-40-12-8-6-10-32(40)18-28-46(44)54-48(42)52/h5-30H,3-4H2,1-2H3. The molecule has 262 valence electrons. The predicted molar refractivity (Wildman–Crippen MR) is 223 cm³/mol. The first-order valence-corrected chi connectivity index (χ1v) is 18.3. The lowest BCUT2D eigenvalue weighted by Gasteiger charge is -2.27. The van der Waals surface area contributed by atoms with E-state index < -0.39 is 0 Å². The van der Waals surface area contributed by atoms with Crippen LogP contribution in [0.5, 0.6) is 0 Å². The van der Waals surface area contributed by atoms with Crippen LogP contribution in [0, 0.1) is 0 Å². The minimum absolute atomic E-state index is 0.379. The van der Waals surface area contributed by atoms with Crippen LogP contribution < -0.4 is 21.1 Å². The van der Waals surface area contributed by atoms with Crippen molar-refractivity contribution in [3.63, 3.8) is 0 Å². The summed E-state index contributed by atoms with van der Waals surface area (Å²) in [7, 11) is 0. The molecule has 9 aromatic rings. The van der Waals surface area contributed by atoms with Crippen molar-refractivity contribution in [2.24, 2.45) is 0 Å². The van der Waals surface area contributed by atoms with Crippen LogP contribution in [0.15, 0.2) is 176 Å². The van der Waals surface area contributed by atoms with E-state index in [1.54, 1.807) is 0 Å². The quantitative estimate of drug-likeness (QED) is 0.116. The van der Waals surface area contributed by atoms with Gasteiger partial charge in [0.15, 0.2) is 0 Å². The van der Waals surface area contributed by atoms with Gasteiger partial charge in [0.2, 0.25) is 0 Å². The summed E-state index contributed by atoms with van der Waals surface area (Å²) in [5.74, 6) is 0. The Hall–Kier alpha value is -6.92. The Morgan fingerprint density at radius 2 is 0.815 bits per heavy atom. The van der Waals surface area contributed by atoms with Gasteiger partial charge in [-0.15, -0.1) is 0 Å². The molecule has 0 aliphatic heterocycles. The summed E-state index contributed by atoms with van der Waals surface area (Å²) in [5, 5.41) is 6.04. The fourth-order valence-corrected chi connectivity index (χ4v) is 7.57. The lowest BCUT2D eigenvalue weighted by atomic mass is 10.0. The second kappa shape index (κ2) is 13.6. The first-order valence-electron chi connectivity index (χ1n) is 18.3. The third-order valence-corrected chi connectivity index (χ3v) is 10.4. The van der Waals surface area contributed by atoms with Gasteiger partial charge in [0.1, 0.15) is 11.2 Å². The molecule has 0 radical (unpaired) electrons. The van der Waals surface area contributed by atoms with Gasteiger partial charge in [0.05, 0.1) is 11.1 Å². The lowest BCUT2D eigenvalue weighted by Crippen LogP contribution is -2.21. The molecule has 0 saturated carbocycles. The van der Waals surface area contributed by atoms with Crippen molar-refractivity contribution < 1.29 is 8.83 Å². The second-order valence-corrected chi connectivity index (χ2v) is 13.4. The molecule has 0 fully saturated rings. The van der Waals surface area contributed by atoms with Crippen LogP contribution in [0.1, 0.15) is 13.8 Å². The van der Waals surface area contributed by atoms with Crippen molar-refractivity contribution >= 4 is 66.2 Å². The highest BCUT2D eigenvalue weighted by Gasteiger charge is 2.17. The van der Waals surface area contributed by atoms with E-state index in [2.05, 4.69) is 60.0 Å². The molecular formula is C48H36N2O4. The van der Waals surface area contributed by atoms with Crippen molar-refractivity contribution in [3.8, 4) is 22.3 Å². The SMILES string of the molecule is CCN(CC)c1ccc(N(c2ccc(-c3cc4c(ccc5ccccc54)oc3=O)cc2)c2ccc(-c3cc4c(ccc5ccccc54)oc3=O)cc2)cc1. The Balaban J connectivity index is 1.12. The zero-order valence-corrected chi connectivity index (χ0v) is 30.0. The molecule has 0 N–H and O–H groups in total. The zero-order chi connectivity index (χ0) is 36.8. The number of benzene rings is 7. The number of fused-ring (bicyclic) bond motifs is 6. The van der Waals surface area contributed by atoms with Gasteiger partial charge in [0, 0.05) is 46.6 Å². The largest absolute Gasteiger partial charge is 0.422 e. The maximum absolute atomic E-state index is 13.3. The lowest BCUT2D eigenvalue weighted by molar-refractivity contribution is 0.563. The maximum Gasteiger partial charge on any atom is 0.344 e. The van der Waals surface area contributed by atoms with Crippen LogP contribution >= 0.6 is 0 Å². The molecule has 0 unspecified atom stereocenters. The molecule has 0 atom stereocenters. The third kappa shape index (κ3) is 5.78. The van der Waals surface area contributed by atoms with Crippen LogP contribution in [-0.2, 0) is 0 Å². The van der Waals surface area contributed by atoms with Crippen LogP contribution in [0.4, 0.5) is 22.7 Å². The van der Waals surface area contributed by atoms with Crippen LogP contribution in [0.25, 0.3) is 65.7 Å². The predicted octanol–water partition coefficient (Wildman–Crippen LogP) is 11.9. The molecule has 0 amide bonds. The highest BCUT2D eigenvalue weighted by Crippen LogP contribution is 2.38. The molecule has 0 bridgehead atoms.